The minimum absolute atomic E-state index is 0.231. The zero-order chi connectivity index (χ0) is 13.7. The molecular weight excluding hydrogens is 272 g/mol. The van der Waals surface area contributed by atoms with Crippen molar-refractivity contribution in [2.45, 2.75) is 26.3 Å². The van der Waals surface area contributed by atoms with E-state index >= 15 is 0 Å². The molecule has 2 nitrogen and oxygen atoms in total. The van der Waals surface area contributed by atoms with Gasteiger partial charge in [-0.2, -0.15) is 0 Å². The Labute approximate surface area is 123 Å². The Hall–Kier alpha value is -1.39. The maximum Gasteiger partial charge on any atom is 0.171 e. The number of anilines is 1. The highest BCUT2D eigenvalue weighted by molar-refractivity contribution is 7.80. The number of hydrogen-bond acceptors (Lipinski definition) is 2. The van der Waals surface area contributed by atoms with Gasteiger partial charge >= 0.3 is 0 Å². The Balaban J connectivity index is 1.90. The van der Waals surface area contributed by atoms with Gasteiger partial charge in [-0.15, -0.1) is 11.3 Å². The van der Waals surface area contributed by atoms with Crippen LogP contribution in [0.1, 0.15) is 30.3 Å². The number of rotatable bonds is 4. The first-order valence-electron chi connectivity index (χ1n) is 6.39. The Morgan fingerprint density at radius 2 is 2.00 bits per heavy atom. The minimum atomic E-state index is 0.231. The largest absolute Gasteiger partial charge is 0.355 e. The molecule has 1 heterocycles. The summed E-state index contributed by atoms with van der Waals surface area (Å²) in [5, 5.41) is 9.24. The Bertz CT molecular complexity index is 518. The standard InChI is InChI=1S/C15H18N2S2/c1-3-12-6-8-13(9-7-12)17-15(18)16-11(2)14-5-4-10-19-14/h4-11H,3H2,1-2H3,(H2,16,17,18)/t11-/m1/s1. The van der Waals surface area contributed by atoms with Crippen LogP contribution in [0.15, 0.2) is 41.8 Å². The molecule has 0 saturated heterocycles. The van der Waals surface area contributed by atoms with Crippen LogP contribution >= 0.6 is 23.6 Å². The smallest absolute Gasteiger partial charge is 0.171 e. The highest BCUT2D eigenvalue weighted by atomic mass is 32.1. The van der Waals surface area contributed by atoms with E-state index in [1.165, 1.54) is 10.4 Å². The van der Waals surface area contributed by atoms with Crippen LogP contribution in [-0.4, -0.2) is 5.11 Å². The fraction of sp³-hybridized carbons (Fsp3) is 0.267. The van der Waals surface area contributed by atoms with Gasteiger partial charge in [-0.05, 0) is 54.7 Å². The van der Waals surface area contributed by atoms with Crippen molar-refractivity contribution in [3.8, 4) is 0 Å². The molecule has 0 saturated carbocycles. The summed E-state index contributed by atoms with van der Waals surface area (Å²) in [6, 6.07) is 12.8. The van der Waals surface area contributed by atoms with E-state index in [1.54, 1.807) is 11.3 Å². The number of thiophene rings is 1. The van der Waals surface area contributed by atoms with Gasteiger partial charge in [-0.3, -0.25) is 0 Å². The van der Waals surface area contributed by atoms with Crippen molar-refractivity contribution < 1.29 is 0 Å². The molecule has 1 aromatic heterocycles. The molecule has 0 amide bonds. The van der Waals surface area contributed by atoms with Gasteiger partial charge in [0.2, 0.25) is 0 Å². The predicted molar refractivity (Wildman–Crippen MR) is 87.9 cm³/mol. The third kappa shape index (κ3) is 4.04. The summed E-state index contributed by atoms with van der Waals surface area (Å²) in [6.07, 6.45) is 1.05. The molecule has 0 aliphatic rings. The molecule has 1 aromatic carbocycles. The maximum absolute atomic E-state index is 5.33. The van der Waals surface area contributed by atoms with E-state index in [2.05, 4.69) is 66.3 Å². The third-order valence-electron chi connectivity index (χ3n) is 2.94. The highest BCUT2D eigenvalue weighted by Gasteiger charge is 2.07. The second kappa shape index (κ2) is 6.68. The molecule has 1 atom stereocenters. The van der Waals surface area contributed by atoms with Gasteiger partial charge in [0.25, 0.3) is 0 Å². The molecule has 2 rings (SSSR count). The second-order valence-electron chi connectivity index (χ2n) is 4.39. The van der Waals surface area contributed by atoms with Crippen molar-refractivity contribution >= 4 is 34.4 Å². The molecule has 0 aliphatic heterocycles. The highest BCUT2D eigenvalue weighted by Crippen LogP contribution is 2.18. The molecule has 2 N–H and O–H groups in total. The van der Waals surface area contributed by atoms with Crippen molar-refractivity contribution in [1.82, 2.24) is 5.32 Å². The summed E-state index contributed by atoms with van der Waals surface area (Å²) in [5.74, 6) is 0. The average Bonchev–Trinajstić information content (AvgIpc) is 2.93. The Kier molecular flexibility index (Phi) is 4.93. The van der Waals surface area contributed by atoms with Crippen LogP contribution in [0.25, 0.3) is 0 Å². The summed E-state index contributed by atoms with van der Waals surface area (Å²) < 4.78 is 0. The number of hydrogen-bond donors (Lipinski definition) is 2. The number of thiocarbonyl (C=S) groups is 1. The molecule has 100 valence electrons. The van der Waals surface area contributed by atoms with E-state index in [1.807, 2.05) is 0 Å². The number of benzene rings is 1. The lowest BCUT2D eigenvalue weighted by Crippen LogP contribution is -2.30. The number of nitrogens with one attached hydrogen (secondary N) is 2. The fourth-order valence-electron chi connectivity index (χ4n) is 1.80. The van der Waals surface area contributed by atoms with Crippen molar-refractivity contribution in [2.24, 2.45) is 0 Å². The van der Waals surface area contributed by atoms with E-state index < -0.39 is 0 Å². The monoisotopic (exact) mass is 290 g/mol. The molecule has 0 radical (unpaired) electrons. The summed E-state index contributed by atoms with van der Waals surface area (Å²) in [6.45, 7) is 4.26. The minimum Gasteiger partial charge on any atom is -0.355 e. The van der Waals surface area contributed by atoms with Gasteiger partial charge in [-0.1, -0.05) is 25.1 Å². The lowest BCUT2D eigenvalue weighted by atomic mass is 10.1. The molecule has 0 bridgehead atoms. The van der Waals surface area contributed by atoms with Crippen LogP contribution in [0.5, 0.6) is 0 Å². The van der Waals surface area contributed by atoms with Crippen LogP contribution in [-0.2, 0) is 6.42 Å². The van der Waals surface area contributed by atoms with Gasteiger partial charge in [0.15, 0.2) is 5.11 Å². The molecule has 0 unspecified atom stereocenters. The van der Waals surface area contributed by atoms with Crippen molar-refractivity contribution in [3.05, 3.63) is 52.2 Å². The molecule has 2 aromatic rings. The van der Waals surface area contributed by atoms with Crippen molar-refractivity contribution in [3.63, 3.8) is 0 Å². The first-order chi connectivity index (χ1) is 9.19. The molecule has 0 spiro atoms. The zero-order valence-corrected chi connectivity index (χ0v) is 12.8. The maximum atomic E-state index is 5.33. The predicted octanol–water partition coefficient (Wildman–Crippen LogP) is 4.36. The second-order valence-corrected chi connectivity index (χ2v) is 5.77. The lowest BCUT2D eigenvalue weighted by Gasteiger charge is -2.16. The van der Waals surface area contributed by atoms with E-state index in [-0.39, 0.29) is 6.04 Å². The first-order valence-corrected chi connectivity index (χ1v) is 7.67. The van der Waals surface area contributed by atoms with Crippen LogP contribution in [0.2, 0.25) is 0 Å². The SMILES string of the molecule is CCc1ccc(NC(=S)N[C@H](C)c2cccs2)cc1. The molecular formula is C15H18N2S2. The van der Waals surface area contributed by atoms with Crippen LogP contribution in [0, 0.1) is 0 Å². The topological polar surface area (TPSA) is 24.1 Å². The van der Waals surface area contributed by atoms with Crippen LogP contribution in [0.3, 0.4) is 0 Å². The fourth-order valence-corrected chi connectivity index (χ4v) is 2.83. The van der Waals surface area contributed by atoms with Gasteiger partial charge in [0, 0.05) is 10.6 Å². The van der Waals surface area contributed by atoms with Crippen molar-refractivity contribution in [2.75, 3.05) is 5.32 Å². The summed E-state index contributed by atoms with van der Waals surface area (Å²) in [4.78, 5) is 1.28. The van der Waals surface area contributed by atoms with Crippen LogP contribution < -0.4 is 10.6 Å². The lowest BCUT2D eigenvalue weighted by molar-refractivity contribution is 0.737. The van der Waals surface area contributed by atoms with E-state index in [0.29, 0.717) is 5.11 Å². The molecule has 19 heavy (non-hydrogen) atoms. The van der Waals surface area contributed by atoms with E-state index in [4.69, 9.17) is 12.2 Å². The summed E-state index contributed by atoms with van der Waals surface area (Å²) in [7, 11) is 0. The van der Waals surface area contributed by atoms with E-state index in [0.717, 1.165) is 12.1 Å². The Morgan fingerprint density at radius 1 is 1.26 bits per heavy atom. The van der Waals surface area contributed by atoms with Crippen molar-refractivity contribution in [1.29, 1.82) is 0 Å². The van der Waals surface area contributed by atoms with Gasteiger partial charge < -0.3 is 10.6 Å². The Morgan fingerprint density at radius 3 is 2.58 bits per heavy atom. The third-order valence-corrected chi connectivity index (χ3v) is 4.21. The van der Waals surface area contributed by atoms with Gasteiger partial charge in [0.1, 0.15) is 0 Å². The molecule has 0 aliphatic carbocycles. The molecule has 0 fully saturated rings. The van der Waals surface area contributed by atoms with E-state index in [9.17, 15) is 0 Å². The average molecular weight is 290 g/mol. The van der Waals surface area contributed by atoms with Crippen LogP contribution in [0.4, 0.5) is 5.69 Å². The van der Waals surface area contributed by atoms with Gasteiger partial charge in [-0.25, -0.2) is 0 Å². The summed E-state index contributed by atoms with van der Waals surface area (Å²) >= 11 is 7.06. The zero-order valence-electron chi connectivity index (χ0n) is 11.1. The molecule has 4 heteroatoms. The van der Waals surface area contributed by atoms with Gasteiger partial charge in [0.05, 0.1) is 6.04 Å². The normalized spacial score (nSPS) is 11.9. The quantitative estimate of drug-likeness (QED) is 0.818. The number of aryl methyl sites for hydroxylation is 1. The summed E-state index contributed by atoms with van der Waals surface area (Å²) in [5.41, 5.74) is 2.35. The first kappa shape index (κ1) is 14.0.